The molecular weight excluding hydrogens is 867 g/mol. The second kappa shape index (κ2) is 16.0. The van der Waals surface area contributed by atoms with Gasteiger partial charge in [-0.2, -0.15) is 0 Å². The second-order valence-corrected chi connectivity index (χ2v) is 21.0. The molecule has 0 fully saturated rings. The maximum atomic E-state index is 6.62. The number of fused-ring (bicyclic) bond motifs is 10. The van der Waals surface area contributed by atoms with E-state index in [4.69, 9.17) is 8.83 Å². The highest BCUT2D eigenvalue weighted by atomic mass is 16.3. The molecule has 5 heteroatoms. The van der Waals surface area contributed by atoms with Gasteiger partial charge in [-0.1, -0.05) is 145 Å². The highest BCUT2D eigenvalue weighted by Crippen LogP contribution is 2.46. The number of aromatic nitrogens is 1. The van der Waals surface area contributed by atoms with Crippen molar-refractivity contribution in [2.24, 2.45) is 0 Å². The first kappa shape index (κ1) is 42.6. The van der Waals surface area contributed by atoms with E-state index >= 15 is 0 Å². The zero-order valence-electron chi connectivity index (χ0n) is 40.9. The van der Waals surface area contributed by atoms with E-state index in [9.17, 15) is 0 Å². The summed E-state index contributed by atoms with van der Waals surface area (Å²) in [6.45, 7) is 13.5. The van der Waals surface area contributed by atoms with E-state index in [0.717, 1.165) is 100 Å². The highest BCUT2D eigenvalue weighted by Gasteiger charge is 2.25. The van der Waals surface area contributed by atoms with Gasteiger partial charge in [-0.05, 0) is 131 Å². The van der Waals surface area contributed by atoms with Crippen LogP contribution in [0.2, 0.25) is 0 Å². The summed E-state index contributed by atoms with van der Waals surface area (Å²) in [5, 5.41) is 9.20. The molecule has 5 nitrogen and oxygen atoms in total. The maximum Gasteiger partial charge on any atom is 0.139 e. The molecule has 0 spiro atoms. The maximum absolute atomic E-state index is 6.62. The number of para-hydroxylation sites is 5. The van der Waals surface area contributed by atoms with E-state index < -0.39 is 0 Å². The lowest BCUT2D eigenvalue weighted by molar-refractivity contribution is 0.572. The van der Waals surface area contributed by atoms with Crippen LogP contribution in [-0.4, -0.2) is 4.57 Å². The summed E-state index contributed by atoms with van der Waals surface area (Å²) in [5.41, 5.74) is 15.8. The van der Waals surface area contributed by atoms with Gasteiger partial charge in [0.25, 0.3) is 0 Å². The molecule has 0 amide bonds. The largest absolute Gasteiger partial charge is 0.456 e. The molecule has 0 N–H and O–H groups in total. The Morgan fingerprint density at radius 1 is 0.324 bits per heavy atom. The van der Waals surface area contributed by atoms with Gasteiger partial charge in [0.2, 0.25) is 0 Å². The summed E-state index contributed by atoms with van der Waals surface area (Å²) in [6.07, 6.45) is 0. The van der Waals surface area contributed by atoms with Crippen LogP contribution in [0.3, 0.4) is 0 Å². The van der Waals surface area contributed by atoms with Gasteiger partial charge in [0.05, 0.1) is 11.0 Å². The number of anilines is 6. The van der Waals surface area contributed by atoms with Crippen LogP contribution in [0.15, 0.2) is 221 Å². The molecule has 0 radical (unpaired) electrons. The van der Waals surface area contributed by atoms with Gasteiger partial charge >= 0.3 is 0 Å². The van der Waals surface area contributed by atoms with Crippen molar-refractivity contribution in [3.8, 4) is 5.69 Å². The number of hydrogen-bond acceptors (Lipinski definition) is 4. The van der Waals surface area contributed by atoms with Crippen LogP contribution in [0.25, 0.3) is 82.1 Å². The quantitative estimate of drug-likeness (QED) is 0.160. The predicted molar refractivity (Wildman–Crippen MR) is 300 cm³/mol. The van der Waals surface area contributed by atoms with Crippen LogP contribution in [0.5, 0.6) is 0 Å². The van der Waals surface area contributed by atoms with Gasteiger partial charge in [0.15, 0.2) is 0 Å². The van der Waals surface area contributed by atoms with Gasteiger partial charge in [-0.15, -0.1) is 0 Å². The highest BCUT2D eigenvalue weighted by molar-refractivity contribution is 6.15. The summed E-state index contributed by atoms with van der Waals surface area (Å²) < 4.78 is 15.7. The third-order valence-electron chi connectivity index (χ3n) is 14.3. The molecule has 13 rings (SSSR count). The third kappa shape index (κ3) is 7.06. The average Bonchev–Trinajstić information content (AvgIpc) is 4.05. The number of benzene rings is 10. The Bertz CT molecular complexity index is 4190. The molecule has 0 saturated carbocycles. The van der Waals surface area contributed by atoms with Crippen molar-refractivity contribution in [2.75, 3.05) is 9.80 Å². The molecule has 344 valence electrons. The first-order chi connectivity index (χ1) is 34.5. The Balaban J connectivity index is 0.984. The fourth-order valence-corrected chi connectivity index (χ4v) is 11.0. The van der Waals surface area contributed by atoms with E-state index in [1.165, 1.54) is 27.3 Å². The molecule has 3 aromatic heterocycles. The fraction of sp³-hybridized carbons (Fsp3) is 0.121. The zero-order valence-corrected chi connectivity index (χ0v) is 40.9. The molecule has 0 unspecified atom stereocenters. The minimum absolute atomic E-state index is 0.0521. The van der Waals surface area contributed by atoms with Crippen LogP contribution < -0.4 is 9.80 Å². The smallest absolute Gasteiger partial charge is 0.139 e. The molecule has 71 heavy (non-hydrogen) atoms. The molecule has 0 bridgehead atoms. The second-order valence-electron chi connectivity index (χ2n) is 21.0. The topological polar surface area (TPSA) is 37.7 Å². The van der Waals surface area contributed by atoms with E-state index in [1.807, 2.05) is 0 Å². The van der Waals surface area contributed by atoms with Crippen molar-refractivity contribution < 1.29 is 8.83 Å². The van der Waals surface area contributed by atoms with E-state index in [1.54, 1.807) is 0 Å². The summed E-state index contributed by atoms with van der Waals surface area (Å²) in [7, 11) is 0. The first-order valence-corrected chi connectivity index (χ1v) is 24.7. The summed E-state index contributed by atoms with van der Waals surface area (Å²) in [6, 6.07) is 77.0. The van der Waals surface area contributed by atoms with Crippen LogP contribution in [0.1, 0.15) is 52.7 Å². The van der Waals surface area contributed by atoms with Crippen LogP contribution in [-0.2, 0) is 10.8 Å². The van der Waals surface area contributed by atoms with Crippen molar-refractivity contribution in [1.82, 2.24) is 4.57 Å². The molecule has 0 aliphatic rings. The minimum atomic E-state index is -0.0564. The monoisotopic (exact) mass is 919 g/mol. The Hall–Kier alpha value is -8.54. The Morgan fingerprint density at radius 2 is 0.789 bits per heavy atom. The Morgan fingerprint density at radius 3 is 1.32 bits per heavy atom. The molecule has 13 aromatic rings. The number of hydrogen-bond donors (Lipinski definition) is 0. The lowest BCUT2D eigenvalue weighted by Crippen LogP contribution is -2.11. The van der Waals surface area contributed by atoms with Gasteiger partial charge in [-0.25, -0.2) is 0 Å². The van der Waals surface area contributed by atoms with Crippen molar-refractivity contribution >= 4 is 111 Å². The molecule has 0 saturated heterocycles. The predicted octanol–water partition coefficient (Wildman–Crippen LogP) is 19.3. The number of rotatable bonds is 7. The van der Waals surface area contributed by atoms with Crippen molar-refractivity contribution in [1.29, 1.82) is 0 Å². The van der Waals surface area contributed by atoms with Crippen molar-refractivity contribution in [2.45, 2.75) is 52.4 Å². The van der Waals surface area contributed by atoms with Gasteiger partial charge < -0.3 is 23.2 Å². The Kier molecular flexibility index (Phi) is 9.60. The van der Waals surface area contributed by atoms with Crippen LogP contribution in [0, 0.1) is 0 Å². The lowest BCUT2D eigenvalue weighted by atomic mass is 9.86. The van der Waals surface area contributed by atoms with Crippen LogP contribution in [0.4, 0.5) is 34.1 Å². The van der Waals surface area contributed by atoms with Crippen molar-refractivity contribution in [3.05, 3.63) is 223 Å². The Labute approximate surface area is 413 Å². The summed E-state index contributed by atoms with van der Waals surface area (Å²) in [4.78, 5) is 4.73. The summed E-state index contributed by atoms with van der Waals surface area (Å²) in [5.74, 6) is 0. The third-order valence-corrected chi connectivity index (χ3v) is 14.3. The van der Waals surface area contributed by atoms with E-state index in [2.05, 4.69) is 268 Å². The van der Waals surface area contributed by atoms with Crippen molar-refractivity contribution in [3.63, 3.8) is 0 Å². The lowest BCUT2D eigenvalue weighted by Gasteiger charge is -2.26. The number of furan rings is 2. The van der Waals surface area contributed by atoms with E-state index in [-0.39, 0.29) is 10.8 Å². The summed E-state index contributed by atoms with van der Waals surface area (Å²) >= 11 is 0. The van der Waals surface area contributed by atoms with E-state index in [0.29, 0.717) is 0 Å². The average molecular weight is 920 g/mol. The molecule has 3 heterocycles. The number of nitrogens with zero attached hydrogens (tertiary/aromatic N) is 3. The molecule has 0 aliphatic carbocycles. The van der Waals surface area contributed by atoms with Gasteiger partial charge in [-0.3, -0.25) is 0 Å². The normalized spacial score (nSPS) is 12.4. The first-order valence-electron chi connectivity index (χ1n) is 24.7. The molecule has 10 aromatic carbocycles. The SMILES string of the molecule is CC(C)(C)c1cccc2c1oc1ccc(N(c3ccccc3)c3ccc4cc5c6ccc(N(c7ccccc7)c7ccc8oc9c(C(C)(C)C)cccc9c8c7)cc6n(-c6ccccc6)c5cc4c3)cc12. The molecule has 0 aliphatic heterocycles. The standard InChI is InChI=1S/C66H53N3O2/c1-65(2,3)57-26-16-24-52-55-39-48(31-34-61(55)70-63(52)57)67(44-18-10-7-11-19-44)47-29-28-42-37-54-51-33-30-50(41-60(51)69(46-22-14-9-15-23-46)59(54)38-43(42)36-47)68(45-20-12-8-13-21-45)49-32-35-62-56(40-49)53-25-17-27-58(64(53)71-62)66(4,5)6/h7-41H,1-6H3. The molecular formula is C66H53N3O2. The van der Waals surface area contributed by atoms with Gasteiger partial charge in [0.1, 0.15) is 22.3 Å². The van der Waals surface area contributed by atoms with Crippen LogP contribution >= 0.6 is 0 Å². The fourth-order valence-electron chi connectivity index (χ4n) is 11.0. The zero-order chi connectivity index (χ0) is 48.2. The minimum Gasteiger partial charge on any atom is -0.456 e. The van der Waals surface area contributed by atoms with Gasteiger partial charge in [0, 0.05) is 83.3 Å². The molecule has 0 atom stereocenters.